The van der Waals surface area contributed by atoms with Gasteiger partial charge in [0.25, 0.3) is 10.0 Å². The fourth-order valence-electron chi connectivity index (χ4n) is 3.21. The van der Waals surface area contributed by atoms with Gasteiger partial charge in [0.1, 0.15) is 23.2 Å². The van der Waals surface area contributed by atoms with Crippen LogP contribution in [0.5, 0.6) is 11.5 Å². The lowest BCUT2D eigenvalue weighted by Crippen LogP contribution is -2.14. The SMILES string of the molecule is CCOc1cc2c(cc1NS(=O)(=O)c1ccc3oc(=O)ccc3c1)OC(C)C2. The summed E-state index contributed by atoms with van der Waals surface area (Å²) >= 11 is 0. The molecule has 0 bridgehead atoms. The lowest BCUT2D eigenvalue weighted by atomic mass is 10.1. The zero-order chi connectivity index (χ0) is 19.9. The van der Waals surface area contributed by atoms with Gasteiger partial charge in [0, 0.05) is 29.5 Å². The van der Waals surface area contributed by atoms with Crippen LogP contribution in [0.3, 0.4) is 0 Å². The van der Waals surface area contributed by atoms with Gasteiger partial charge in [-0.2, -0.15) is 0 Å². The number of nitrogens with one attached hydrogen (secondary N) is 1. The molecule has 0 spiro atoms. The van der Waals surface area contributed by atoms with Crippen LogP contribution in [0.2, 0.25) is 0 Å². The molecule has 0 amide bonds. The van der Waals surface area contributed by atoms with Gasteiger partial charge in [0.2, 0.25) is 0 Å². The van der Waals surface area contributed by atoms with Crippen molar-refractivity contribution in [2.75, 3.05) is 11.3 Å². The molecule has 0 aliphatic carbocycles. The van der Waals surface area contributed by atoms with E-state index in [1.165, 1.54) is 30.3 Å². The topological polar surface area (TPSA) is 94.8 Å². The summed E-state index contributed by atoms with van der Waals surface area (Å²) in [7, 11) is -3.89. The van der Waals surface area contributed by atoms with Crippen LogP contribution in [0.4, 0.5) is 5.69 Å². The van der Waals surface area contributed by atoms with Crippen molar-refractivity contribution in [3.63, 3.8) is 0 Å². The maximum atomic E-state index is 12.9. The Labute approximate surface area is 161 Å². The van der Waals surface area contributed by atoms with E-state index < -0.39 is 15.6 Å². The first-order valence-electron chi connectivity index (χ1n) is 8.89. The fourth-order valence-corrected chi connectivity index (χ4v) is 4.31. The summed E-state index contributed by atoms with van der Waals surface area (Å²) < 4.78 is 44.9. The Morgan fingerprint density at radius 3 is 2.79 bits per heavy atom. The molecular formula is C20H19NO6S. The first-order chi connectivity index (χ1) is 13.4. The zero-order valence-corrected chi connectivity index (χ0v) is 16.2. The van der Waals surface area contributed by atoms with E-state index in [0.29, 0.717) is 34.8 Å². The summed E-state index contributed by atoms with van der Waals surface area (Å²) in [5.74, 6) is 1.10. The molecule has 2 aromatic carbocycles. The molecule has 0 fully saturated rings. The summed E-state index contributed by atoms with van der Waals surface area (Å²) in [6.45, 7) is 4.19. The van der Waals surface area contributed by atoms with E-state index in [0.717, 1.165) is 12.0 Å². The van der Waals surface area contributed by atoms with Crippen molar-refractivity contribution < 1.29 is 22.3 Å². The van der Waals surface area contributed by atoms with Gasteiger partial charge in [-0.3, -0.25) is 4.72 Å². The van der Waals surface area contributed by atoms with Crippen molar-refractivity contribution in [1.29, 1.82) is 0 Å². The highest BCUT2D eigenvalue weighted by molar-refractivity contribution is 7.92. The summed E-state index contributed by atoms with van der Waals surface area (Å²) in [6.07, 6.45) is 0.782. The van der Waals surface area contributed by atoms with Crippen molar-refractivity contribution in [3.05, 3.63) is 58.4 Å². The molecule has 3 aromatic rings. The highest BCUT2D eigenvalue weighted by atomic mass is 32.2. The van der Waals surface area contributed by atoms with Crippen LogP contribution in [0.15, 0.2) is 56.6 Å². The molecule has 7 nitrogen and oxygen atoms in total. The van der Waals surface area contributed by atoms with Crippen LogP contribution in [0, 0.1) is 0 Å². The first-order valence-corrected chi connectivity index (χ1v) is 10.4. The van der Waals surface area contributed by atoms with Gasteiger partial charge in [-0.1, -0.05) is 0 Å². The van der Waals surface area contributed by atoms with E-state index in [1.54, 1.807) is 6.07 Å². The Morgan fingerprint density at radius 2 is 2.00 bits per heavy atom. The molecule has 1 aromatic heterocycles. The molecule has 0 saturated heterocycles. The van der Waals surface area contributed by atoms with Crippen LogP contribution in [-0.4, -0.2) is 21.1 Å². The van der Waals surface area contributed by atoms with Gasteiger partial charge in [0.15, 0.2) is 0 Å². The molecule has 2 heterocycles. The van der Waals surface area contributed by atoms with Crippen molar-refractivity contribution in [2.45, 2.75) is 31.3 Å². The molecule has 1 unspecified atom stereocenters. The van der Waals surface area contributed by atoms with Gasteiger partial charge < -0.3 is 13.9 Å². The van der Waals surface area contributed by atoms with Crippen LogP contribution < -0.4 is 19.8 Å². The molecule has 0 radical (unpaired) electrons. The predicted molar refractivity (Wildman–Crippen MR) is 105 cm³/mol. The number of hydrogen-bond acceptors (Lipinski definition) is 6. The first kappa shape index (κ1) is 18.4. The van der Waals surface area contributed by atoms with Gasteiger partial charge >= 0.3 is 5.63 Å². The minimum absolute atomic E-state index is 0.0338. The van der Waals surface area contributed by atoms with Crippen molar-refractivity contribution >= 4 is 26.7 Å². The van der Waals surface area contributed by atoms with Crippen LogP contribution in [0.25, 0.3) is 11.0 Å². The molecule has 0 saturated carbocycles. The van der Waals surface area contributed by atoms with Gasteiger partial charge in [-0.25, -0.2) is 13.2 Å². The number of rotatable bonds is 5. The molecule has 28 heavy (non-hydrogen) atoms. The van der Waals surface area contributed by atoms with E-state index in [1.807, 2.05) is 19.9 Å². The molecular weight excluding hydrogens is 382 g/mol. The highest BCUT2D eigenvalue weighted by Gasteiger charge is 2.24. The van der Waals surface area contributed by atoms with Gasteiger partial charge in [0.05, 0.1) is 17.2 Å². The van der Waals surface area contributed by atoms with Crippen molar-refractivity contribution in [3.8, 4) is 11.5 Å². The second kappa shape index (κ2) is 6.87. The minimum atomic E-state index is -3.89. The molecule has 1 N–H and O–H groups in total. The summed E-state index contributed by atoms with van der Waals surface area (Å²) in [4.78, 5) is 11.3. The normalized spacial score (nSPS) is 15.9. The molecule has 1 aliphatic heterocycles. The molecule has 146 valence electrons. The standard InChI is InChI=1S/C20H19NO6S/c1-3-25-19-10-14-8-12(2)26-18(14)11-16(19)21-28(23,24)15-5-6-17-13(9-15)4-7-20(22)27-17/h4-7,9-12,21H,3,8H2,1-2H3. The van der Waals surface area contributed by atoms with Gasteiger partial charge in [-0.15, -0.1) is 0 Å². The Balaban J connectivity index is 1.72. The number of hydrogen-bond donors (Lipinski definition) is 1. The third kappa shape index (κ3) is 3.43. The predicted octanol–water partition coefficient (Wildman–Crippen LogP) is 3.32. The quantitative estimate of drug-likeness (QED) is 0.659. The van der Waals surface area contributed by atoms with Crippen LogP contribution in [0.1, 0.15) is 19.4 Å². The van der Waals surface area contributed by atoms with Crippen molar-refractivity contribution in [1.82, 2.24) is 0 Å². The molecule has 8 heteroatoms. The van der Waals surface area contributed by atoms with Crippen molar-refractivity contribution in [2.24, 2.45) is 0 Å². The smallest absolute Gasteiger partial charge is 0.336 e. The number of ether oxygens (including phenoxy) is 2. The lowest BCUT2D eigenvalue weighted by Gasteiger charge is -2.15. The van der Waals surface area contributed by atoms with E-state index in [-0.39, 0.29) is 11.0 Å². The number of anilines is 1. The summed E-state index contributed by atoms with van der Waals surface area (Å²) in [5, 5.41) is 0.513. The second-order valence-electron chi connectivity index (χ2n) is 6.58. The van der Waals surface area contributed by atoms with E-state index in [9.17, 15) is 13.2 Å². The monoisotopic (exact) mass is 401 g/mol. The van der Waals surface area contributed by atoms with E-state index >= 15 is 0 Å². The Morgan fingerprint density at radius 1 is 1.18 bits per heavy atom. The maximum Gasteiger partial charge on any atom is 0.336 e. The summed E-state index contributed by atoms with van der Waals surface area (Å²) in [5.41, 5.74) is 1.13. The Bertz CT molecular complexity index is 1220. The third-order valence-electron chi connectivity index (χ3n) is 4.44. The molecule has 4 rings (SSSR count). The van der Waals surface area contributed by atoms with Crippen LogP contribution in [-0.2, 0) is 16.4 Å². The third-order valence-corrected chi connectivity index (χ3v) is 5.81. The lowest BCUT2D eigenvalue weighted by molar-refractivity contribution is 0.254. The Kier molecular flexibility index (Phi) is 4.50. The minimum Gasteiger partial charge on any atom is -0.492 e. The average molecular weight is 401 g/mol. The largest absolute Gasteiger partial charge is 0.492 e. The average Bonchev–Trinajstić information content (AvgIpc) is 3.00. The maximum absolute atomic E-state index is 12.9. The zero-order valence-electron chi connectivity index (χ0n) is 15.4. The van der Waals surface area contributed by atoms with Crippen LogP contribution >= 0.6 is 0 Å². The number of benzene rings is 2. The Hall–Kier alpha value is -3.00. The number of fused-ring (bicyclic) bond motifs is 2. The van der Waals surface area contributed by atoms with E-state index in [4.69, 9.17) is 13.9 Å². The summed E-state index contributed by atoms with van der Waals surface area (Å²) in [6, 6.07) is 10.5. The number of sulfonamides is 1. The van der Waals surface area contributed by atoms with Gasteiger partial charge in [-0.05, 0) is 44.2 Å². The second-order valence-corrected chi connectivity index (χ2v) is 8.26. The molecule has 1 atom stereocenters. The molecule has 1 aliphatic rings. The van der Waals surface area contributed by atoms with E-state index in [2.05, 4.69) is 4.72 Å². The highest BCUT2D eigenvalue weighted by Crippen LogP contribution is 2.39. The fraction of sp³-hybridized carbons (Fsp3) is 0.250.